The molecule has 0 aromatic carbocycles. The van der Waals surface area contributed by atoms with E-state index in [-0.39, 0.29) is 23.5 Å². The number of hydrogen-bond donors (Lipinski definition) is 1. The van der Waals surface area contributed by atoms with Crippen molar-refractivity contribution in [2.24, 2.45) is 5.92 Å². The third-order valence-corrected chi connectivity index (χ3v) is 5.85. The van der Waals surface area contributed by atoms with Gasteiger partial charge in [-0.2, -0.15) is 5.10 Å². The molecule has 4 rings (SSSR count). The molecule has 1 aliphatic carbocycles. The van der Waals surface area contributed by atoms with Gasteiger partial charge in [0.05, 0.1) is 17.7 Å². The number of rotatable bonds is 3. The number of nitrogens with one attached hydrogen (secondary N) is 1. The molecule has 3 heterocycles. The topological polar surface area (TPSA) is 70.5 Å². The summed E-state index contributed by atoms with van der Waals surface area (Å²) in [7, 11) is 0. The maximum atomic E-state index is 13.0. The van der Waals surface area contributed by atoms with Gasteiger partial charge in [0.2, 0.25) is 5.91 Å². The number of carbonyl (C=O) groups excluding carboxylic acids is 2. The van der Waals surface area contributed by atoms with Crippen LogP contribution in [0.25, 0.3) is 0 Å². The number of likely N-dealkylation sites (tertiary alicyclic amines) is 1. The Kier molecular flexibility index (Phi) is 4.20. The number of anilines is 1. The zero-order valence-corrected chi connectivity index (χ0v) is 16.0. The van der Waals surface area contributed by atoms with E-state index in [0.29, 0.717) is 25.4 Å². The molecule has 26 heavy (non-hydrogen) atoms. The second-order valence-electron chi connectivity index (χ2n) is 8.50. The zero-order chi connectivity index (χ0) is 18.5. The fourth-order valence-electron chi connectivity index (χ4n) is 4.21. The Balaban J connectivity index is 1.55. The van der Waals surface area contributed by atoms with Gasteiger partial charge in [0.1, 0.15) is 5.82 Å². The van der Waals surface area contributed by atoms with Crippen LogP contribution in [0.2, 0.25) is 0 Å². The highest BCUT2D eigenvalue weighted by atomic mass is 16.2. The summed E-state index contributed by atoms with van der Waals surface area (Å²) in [5, 5.41) is 7.72. The number of carbonyl (C=O) groups is 2. The fraction of sp³-hybridized carbons (Fsp3) is 0.737. The lowest BCUT2D eigenvalue weighted by Crippen LogP contribution is -2.56. The smallest absolute Gasteiger partial charge is 0.317 e. The highest BCUT2D eigenvalue weighted by Gasteiger charge is 2.47. The van der Waals surface area contributed by atoms with Gasteiger partial charge in [0.25, 0.3) is 0 Å². The summed E-state index contributed by atoms with van der Waals surface area (Å²) in [6, 6.07) is 2.16. The molecule has 0 unspecified atom stereocenters. The van der Waals surface area contributed by atoms with Crippen molar-refractivity contribution < 1.29 is 9.59 Å². The average Bonchev–Trinajstić information content (AvgIpc) is 3.31. The number of piperidine rings is 1. The molecule has 1 saturated heterocycles. The van der Waals surface area contributed by atoms with Crippen LogP contribution < -0.4 is 10.2 Å². The number of aromatic nitrogens is 2. The highest BCUT2D eigenvalue weighted by Crippen LogP contribution is 2.43. The first-order valence-corrected chi connectivity index (χ1v) is 9.81. The van der Waals surface area contributed by atoms with Crippen LogP contribution in [0.5, 0.6) is 0 Å². The van der Waals surface area contributed by atoms with Gasteiger partial charge in [0.15, 0.2) is 0 Å². The maximum absolute atomic E-state index is 13.0. The molecule has 2 aliphatic heterocycles. The van der Waals surface area contributed by atoms with Gasteiger partial charge in [0, 0.05) is 31.7 Å². The maximum Gasteiger partial charge on any atom is 0.317 e. The summed E-state index contributed by atoms with van der Waals surface area (Å²) in [6.07, 6.45) is 4.49. The molecule has 3 amide bonds. The molecular formula is C19H29N5O2. The predicted molar refractivity (Wildman–Crippen MR) is 99.1 cm³/mol. The molecule has 1 spiro atoms. The summed E-state index contributed by atoms with van der Waals surface area (Å²) >= 11 is 0. The van der Waals surface area contributed by atoms with Crippen molar-refractivity contribution in [2.45, 2.75) is 64.5 Å². The molecule has 7 heteroatoms. The lowest BCUT2D eigenvalue weighted by Gasteiger charge is -2.46. The van der Waals surface area contributed by atoms with E-state index in [1.165, 1.54) is 12.8 Å². The minimum atomic E-state index is -0.282. The zero-order valence-electron chi connectivity index (χ0n) is 16.0. The van der Waals surface area contributed by atoms with Crippen molar-refractivity contribution in [3.05, 3.63) is 11.8 Å². The average molecular weight is 359 g/mol. The quantitative estimate of drug-likeness (QED) is 0.900. The van der Waals surface area contributed by atoms with Gasteiger partial charge in [-0.25, -0.2) is 9.48 Å². The van der Waals surface area contributed by atoms with E-state index >= 15 is 0 Å². The molecule has 0 bridgehead atoms. The molecule has 1 aromatic heterocycles. The van der Waals surface area contributed by atoms with Gasteiger partial charge in [-0.3, -0.25) is 9.69 Å². The van der Waals surface area contributed by atoms with Crippen LogP contribution in [-0.4, -0.2) is 52.3 Å². The van der Waals surface area contributed by atoms with E-state index in [9.17, 15) is 9.59 Å². The summed E-state index contributed by atoms with van der Waals surface area (Å²) in [6.45, 7) is 8.07. The lowest BCUT2D eigenvalue weighted by atomic mass is 9.82. The van der Waals surface area contributed by atoms with E-state index in [4.69, 9.17) is 5.10 Å². The van der Waals surface area contributed by atoms with Crippen LogP contribution in [-0.2, 0) is 10.3 Å². The molecular weight excluding hydrogens is 330 g/mol. The van der Waals surface area contributed by atoms with Crippen LogP contribution >= 0.6 is 0 Å². The third-order valence-electron chi connectivity index (χ3n) is 5.85. The lowest BCUT2D eigenvalue weighted by molar-refractivity contribution is -0.122. The summed E-state index contributed by atoms with van der Waals surface area (Å²) in [5.41, 5.74) is 0.671. The standard InChI is InChI=1S/C19H29N5O2/c1-13(2)20-18(26)22-8-6-19(7-9-22)11-17(25)23(12-15-4-5-15)16-10-14(3)21-24(16)19/h10,13,15H,4-9,11-12H2,1-3H3,(H,20,26). The van der Waals surface area contributed by atoms with Crippen molar-refractivity contribution in [2.75, 3.05) is 24.5 Å². The van der Waals surface area contributed by atoms with Gasteiger partial charge in [-0.1, -0.05) is 0 Å². The Labute approximate surface area is 154 Å². The minimum absolute atomic E-state index is 0.00999. The Bertz CT molecular complexity index is 714. The van der Waals surface area contributed by atoms with Crippen molar-refractivity contribution in [3.63, 3.8) is 0 Å². The summed E-state index contributed by atoms with van der Waals surface area (Å²) < 4.78 is 2.10. The second kappa shape index (κ2) is 6.28. The third kappa shape index (κ3) is 3.08. The molecule has 0 radical (unpaired) electrons. The first kappa shape index (κ1) is 17.4. The fourth-order valence-corrected chi connectivity index (χ4v) is 4.21. The number of nitrogens with zero attached hydrogens (tertiary/aromatic N) is 4. The molecule has 1 saturated carbocycles. The number of amides is 3. The second-order valence-corrected chi connectivity index (χ2v) is 8.50. The van der Waals surface area contributed by atoms with Crippen LogP contribution in [0.3, 0.4) is 0 Å². The minimum Gasteiger partial charge on any atom is -0.336 e. The van der Waals surface area contributed by atoms with Crippen molar-refractivity contribution in [1.29, 1.82) is 0 Å². The number of fused-ring (bicyclic) bond motifs is 2. The Morgan fingerprint density at radius 3 is 2.65 bits per heavy atom. The molecule has 2 fully saturated rings. The van der Waals surface area contributed by atoms with Crippen molar-refractivity contribution in [3.8, 4) is 0 Å². The number of hydrogen-bond acceptors (Lipinski definition) is 3. The molecule has 3 aliphatic rings. The Morgan fingerprint density at radius 1 is 1.35 bits per heavy atom. The first-order valence-electron chi connectivity index (χ1n) is 9.81. The van der Waals surface area contributed by atoms with Crippen LogP contribution in [0.15, 0.2) is 6.07 Å². The molecule has 7 nitrogen and oxygen atoms in total. The number of urea groups is 1. The normalized spacial score (nSPS) is 22.1. The Hall–Kier alpha value is -2.05. The van der Waals surface area contributed by atoms with Crippen LogP contribution in [0.1, 0.15) is 51.6 Å². The Morgan fingerprint density at radius 2 is 2.04 bits per heavy atom. The van der Waals surface area contributed by atoms with Crippen LogP contribution in [0.4, 0.5) is 10.6 Å². The van der Waals surface area contributed by atoms with Crippen LogP contribution in [0, 0.1) is 12.8 Å². The predicted octanol–water partition coefficient (Wildman–Crippen LogP) is 2.25. The van der Waals surface area contributed by atoms with E-state index in [1.807, 2.05) is 36.6 Å². The van der Waals surface area contributed by atoms with Gasteiger partial charge >= 0.3 is 6.03 Å². The van der Waals surface area contributed by atoms with E-state index in [0.717, 1.165) is 30.9 Å². The molecule has 1 N–H and O–H groups in total. The number of aryl methyl sites for hydroxylation is 1. The molecule has 142 valence electrons. The summed E-state index contributed by atoms with van der Waals surface area (Å²) in [5.74, 6) is 1.81. The monoisotopic (exact) mass is 359 g/mol. The first-order chi connectivity index (χ1) is 12.4. The van der Waals surface area contributed by atoms with E-state index in [2.05, 4.69) is 10.00 Å². The highest BCUT2D eigenvalue weighted by molar-refractivity contribution is 5.95. The molecule has 0 atom stereocenters. The summed E-state index contributed by atoms with van der Waals surface area (Å²) in [4.78, 5) is 29.1. The molecule has 1 aromatic rings. The SMILES string of the molecule is Cc1cc2n(n1)C1(CCN(C(=O)NC(C)C)CC1)CC(=O)N2CC1CC1. The van der Waals surface area contributed by atoms with Crippen molar-refractivity contribution in [1.82, 2.24) is 20.0 Å². The van der Waals surface area contributed by atoms with Gasteiger partial charge in [-0.05, 0) is 52.4 Å². The van der Waals surface area contributed by atoms with Crippen molar-refractivity contribution >= 4 is 17.8 Å². The largest absolute Gasteiger partial charge is 0.336 e. The van der Waals surface area contributed by atoms with Gasteiger partial charge in [-0.15, -0.1) is 0 Å². The van der Waals surface area contributed by atoms with E-state index < -0.39 is 0 Å². The van der Waals surface area contributed by atoms with Gasteiger partial charge < -0.3 is 10.2 Å². The van der Waals surface area contributed by atoms with E-state index in [1.54, 1.807) is 0 Å².